The lowest BCUT2D eigenvalue weighted by Gasteiger charge is -2.19. The fourth-order valence-corrected chi connectivity index (χ4v) is 2.15. The van der Waals surface area contributed by atoms with Crippen LogP contribution in [0.1, 0.15) is 11.1 Å². The molecule has 0 saturated heterocycles. The van der Waals surface area contributed by atoms with Crippen molar-refractivity contribution < 1.29 is 26.4 Å². The molecule has 0 bridgehead atoms. The van der Waals surface area contributed by atoms with E-state index in [0.717, 1.165) is 12.6 Å². The van der Waals surface area contributed by atoms with E-state index in [-0.39, 0.29) is 10.0 Å². The fourth-order valence-electron chi connectivity index (χ4n) is 1.50. The Balaban J connectivity index is 3.06. The molecule has 5 nitrogen and oxygen atoms in total. The van der Waals surface area contributed by atoms with Crippen molar-refractivity contribution in [1.82, 2.24) is 4.31 Å². The summed E-state index contributed by atoms with van der Waals surface area (Å²) >= 11 is 0. The van der Waals surface area contributed by atoms with Crippen molar-refractivity contribution in [2.45, 2.75) is 12.4 Å². The average Bonchev–Trinajstić information content (AvgIpc) is 2.37. The van der Waals surface area contributed by atoms with Crippen molar-refractivity contribution in [3.05, 3.63) is 35.4 Å². The molecule has 0 saturated carbocycles. The van der Waals surface area contributed by atoms with Gasteiger partial charge in [-0.05, 0) is 6.92 Å². The Hall–Kier alpha value is -1.61. The van der Waals surface area contributed by atoms with Gasteiger partial charge in [0.15, 0.2) is 0 Å². The number of aryl methyl sites for hydroxylation is 1. The highest BCUT2D eigenvalue weighted by Gasteiger charge is 2.48. The van der Waals surface area contributed by atoms with Crippen LogP contribution in [0.3, 0.4) is 0 Å². The number of benzene rings is 1. The molecule has 0 fully saturated rings. The normalized spacial score (nSPS) is 13.6. The monoisotopic (exact) mass is 324 g/mol. The van der Waals surface area contributed by atoms with E-state index in [1.807, 2.05) is 6.92 Å². The third kappa shape index (κ3) is 4.18. The standard InChI is InChI=1S/C12H15F3N2O3S/c1-9-4-6-10(7-5-9)11(16-20-3)8-17(2)21(18,19)12(13,14)15/h4-7H,8H2,1-3H3. The highest BCUT2D eigenvalue weighted by molar-refractivity contribution is 7.90. The van der Waals surface area contributed by atoms with Crippen LogP contribution < -0.4 is 0 Å². The number of hydrogen-bond donors (Lipinski definition) is 0. The van der Waals surface area contributed by atoms with Crippen molar-refractivity contribution in [3.8, 4) is 0 Å². The van der Waals surface area contributed by atoms with Gasteiger partial charge in [-0.15, -0.1) is 0 Å². The van der Waals surface area contributed by atoms with E-state index in [4.69, 9.17) is 0 Å². The second-order valence-corrected chi connectivity index (χ2v) is 6.33. The molecule has 1 aromatic carbocycles. The van der Waals surface area contributed by atoms with Crippen molar-refractivity contribution in [2.75, 3.05) is 20.7 Å². The summed E-state index contributed by atoms with van der Waals surface area (Å²) in [7, 11) is -3.34. The topological polar surface area (TPSA) is 59.0 Å². The minimum absolute atomic E-state index is 0.0767. The zero-order chi connectivity index (χ0) is 16.3. The van der Waals surface area contributed by atoms with Crippen molar-refractivity contribution in [1.29, 1.82) is 0 Å². The van der Waals surface area contributed by atoms with Gasteiger partial charge in [-0.1, -0.05) is 35.0 Å². The number of rotatable bonds is 5. The molecular formula is C12H15F3N2O3S. The van der Waals surface area contributed by atoms with E-state index in [9.17, 15) is 21.6 Å². The van der Waals surface area contributed by atoms with Gasteiger partial charge in [-0.3, -0.25) is 0 Å². The number of hydrogen-bond acceptors (Lipinski definition) is 4. The first-order valence-electron chi connectivity index (χ1n) is 5.79. The third-order valence-corrected chi connectivity index (χ3v) is 4.20. The van der Waals surface area contributed by atoms with Crippen LogP contribution in [0.4, 0.5) is 13.2 Å². The number of nitrogens with zero attached hydrogens (tertiary/aromatic N) is 2. The number of likely N-dealkylation sites (N-methyl/N-ethyl adjacent to an activating group) is 1. The van der Waals surface area contributed by atoms with Crippen LogP contribution in [0.25, 0.3) is 0 Å². The summed E-state index contributed by atoms with van der Waals surface area (Å²) in [5.74, 6) is 0. The fraction of sp³-hybridized carbons (Fsp3) is 0.417. The number of sulfonamides is 1. The summed E-state index contributed by atoms with van der Waals surface area (Å²) in [6, 6.07) is 6.72. The Morgan fingerprint density at radius 3 is 2.24 bits per heavy atom. The lowest BCUT2D eigenvalue weighted by atomic mass is 10.1. The van der Waals surface area contributed by atoms with Crippen molar-refractivity contribution in [3.63, 3.8) is 0 Å². The molecule has 0 aromatic heterocycles. The van der Waals surface area contributed by atoms with E-state index in [1.165, 1.54) is 7.11 Å². The van der Waals surface area contributed by atoms with Gasteiger partial charge in [0, 0.05) is 12.6 Å². The van der Waals surface area contributed by atoms with Crippen LogP contribution in [-0.4, -0.2) is 44.6 Å². The predicted molar refractivity (Wildman–Crippen MR) is 72.3 cm³/mol. The van der Waals surface area contributed by atoms with E-state index in [2.05, 4.69) is 9.99 Å². The second kappa shape index (κ2) is 6.44. The van der Waals surface area contributed by atoms with Crippen molar-refractivity contribution >= 4 is 15.7 Å². The lowest BCUT2D eigenvalue weighted by molar-refractivity contribution is -0.0479. The van der Waals surface area contributed by atoms with Crippen LogP contribution in [0, 0.1) is 6.92 Å². The lowest BCUT2D eigenvalue weighted by Crippen LogP contribution is -2.41. The van der Waals surface area contributed by atoms with Gasteiger partial charge in [-0.25, -0.2) is 8.42 Å². The Morgan fingerprint density at radius 2 is 1.81 bits per heavy atom. The van der Waals surface area contributed by atoms with Crippen molar-refractivity contribution in [2.24, 2.45) is 5.16 Å². The van der Waals surface area contributed by atoms with Gasteiger partial charge < -0.3 is 4.84 Å². The molecule has 0 unspecified atom stereocenters. The van der Waals surface area contributed by atoms with Crippen LogP contribution in [0.2, 0.25) is 0 Å². The zero-order valence-corrected chi connectivity index (χ0v) is 12.5. The maximum absolute atomic E-state index is 12.5. The van der Waals surface area contributed by atoms with E-state index >= 15 is 0 Å². The minimum atomic E-state index is -5.41. The summed E-state index contributed by atoms with van der Waals surface area (Å²) in [4.78, 5) is 4.57. The first-order valence-corrected chi connectivity index (χ1v) is 7.23. The van der Waals surface area contributed by atoms with E-state index < -0.39 is 22.1 Å². The van der Waals surface area contributed by atoms with Gasteiger partial charge in [0.1, 0.15) is 12.8 Å². The molecule has 0 aliphatic heterocycles. The molecular weight excluding hydrogens is 309 g/mol. The first-order chi connectivity index (χ1) is 9.59. The Kier molecular flexibility index (Phi) is 5.35. The van der Waals surface area contributed by atoms with E-state index in [1.54, 1.807) is 24.3 Å². The molecule has 1 aromatic rings. The van der Waals surface area contributed by atoms with Gasteiger partial charge in [-0.2, -0.15) is 17.5 Å². The summed E-state index contributed by atoms with van der Waals surface area (Å²) in [5, 5.41) is 3.60. The second-order valence-electron chi connectivity index (χ2n) is 4.29. The van der Waals surface area contributed by atoms with Crippen LogP contribution in [0.5, 0.6) is 0 Å². The Labute approximate surface area is 121 Å². The number of alkyl halides is 3. The highest BCUT2D eigenvalue weighted by Crippen LogP contribution is 2.26. The van der Waals surface area contributed by atoms with E-state index in [0.29, 0.717) is 5.56 Å². The number of oxime groups is 1. The molecule has 0 atom stereocenters. The minimum Gasteiger partial charge on any atom is -0.399 e. The molecule has 0 aliphatic rings. The maximum Gasteiger partial charge on any atom is 0.511 e. The Bertz CT molecular complexity index is 610. The molecule has 0 heterocycles. The summed E-state index contributed by atoms with van der Waals surface area (Å²) < 4.78 is 60.2. The largest absolute Gasteiger partial charge is 0.511 e. The molecule has 118 valence electrons. The van der Waals surface area contributed by atoms with Crippen LogP contribution in [-0.2, 0) is 14.9 Å². The predicted octanol–water partition coefficient (Wildman–Crippen LogP) is 2.13. The molecule has 9 heteroatoms. The average molecular weight is 324 g/mol. The summed E-state index contributed by atoms with van der Waals surface area (Å²) in [6.07, 6.45) is 0. The molecule has 0 amide bonds. The molecule has 0 spiro atoms. The molecule has 21 heavy (non-hydrogen) atoms. The maximum atomic E-state index is 12.5. The van der Waals surface area contributed by atoms with Gasteiger partial charge in [0.2, 0.25) is 0 Å². The van der Waals surface area contributed by atoms with Gasteiger partial charge >= 0.3 is 15.5 Å². The van der Waals surface area contributed by atoms with Crippen LogP contribution in [0.15, 0.2) is 29.4 Å². The summed E-state index contributed by atoms with van der Waals surface area (Å²) in [6.45, 7) is 1.29. The molecule has 0 aliphatic carbocycles. The Morgan fingerprint density at radius 1 is 1.29 bits per heavy atom. The first kappa shape index (κ1) is 17.4. The van der Waals surface area contributed by atoms with Crippen LogP contribution >= 0.6 is 0 Å². The zero-order valence-electron chi connectivity index (χ0n) is 11.7. The highest BCUT2D eigenvalue weighted by atomic mass is 32.2. The molecule has 0 N–H and O–H groups in total. The van der Waals surface area contributed by atoms with Gasteiger partial charge in [0.25, 0.3) is 0 Å². The van der Waals surface area contributed by atoms with Gasteiger partial charge in [0.05, 0.1) is 6.54 Å². The third-order valence-electron chi connectivity index (χ3n) is 2.66. The quantitative estimate of drug-likeness (QED) is 0.616. The number of halogens is 3. The summed E-state index contributed by atoms with van der Waals surface area (Å²) in [5.41, 5.74) is -3.85. The molecule has 1 rings (SSSR count). The SMILES string of the molecule is CON=C(CN(C)S(=O)(=O)C(F)(F)F)c1ccc(C)cc1. The molecule has 0 radical (unpaired) electrons. The smallest absolute Gasteiger partial charge is 0.399 e.